The molecule has 2 rings (SSSR count). The summed E-state index contributed by atoms with van der Waals surface area (Å²) in [5.74, 6) is 1.17. The van der Waals surface area contributed by atoms with E-state index < -0.39 is 0 Å². The third kappa shape index (κ3) is 4.45. The fourth-order valence-corrected chi connectivity index (χ4v) is 2.63. The van der Waals surface area contributed by atoms with E-state index >= 15 is 0 Å². The Morgan fingerprint density at radius 1 is 1.00 bits per heavy atom. The topological polar surface area (TPSA) is 44.5 Å². The van der Waals surface area contributed by atoms with E-state index in [1.165, 1.54) is 6.07 Å². The molecule has 4 heteroatoms. The van der Waals surface area contributed by atoms with Gasteiger partial charge in [-0.2, -0.15) is 0 Å². The Balaban J connectivity index is 2.24. The maximum absolute atomic E-state index is 14.0. The molecule has 0 amide bonds. The quantitative estimate of drug-likeness (QED) is 0.803. The molecule has 23 heavy (non-hydrogen) atoms. The number of rotatable bonds is 8. The van der Waals surface area contributed by atoms with Gasteiger partial charge in [0.25, 0.3) is 0 Å². The Morgan fingerprint density at radius 2 is 1.70 bits per heavy atom. The third-order valence-corrected chi connectivity index (χ3v) is 3.72. The molecule has 1 unspecified atom stereocenters. The molecule has 0 aliphatic heterocycles. The predicted octanol–water partition coefficient (Wildman–Crippen LogP) is 3.91. The van der Waals surface area contributed by atoms with Gasteiger partial charge < -0.3 is 15.2 Å². The first-order valence-electron chi connectivity index (χ1n) is 8.02. The molecule has 0 saturated carbocycles. The minimum absolute atomic E-state index is 0.0661. The number of nitrogens with two attached hydrogens (primary N) is 1. The lowest BCUT2D eigenvalue weighted by molar-refractivity contribution is 0.287. The molecule has 0 spiro atoms. The largest absolute Gasteiger partial charge is 0.490 e. The van der Waals surface area contributed by atoms with Crippen LogP contribution in [0.25, 0.3) is 0 Å². The molecule has 0 radical (unpaired) electrons. The van der Waals surface area contributed by atoms with Crippen LogP contribution in [0, 0.1) is 5.82 Å². The highest BCUT2D eigenvalue weighted by Gasteiger charge is 2.16. The van der Waals surface area contributed by atoms with Gasteiger partial charge in [-0.05, 0) is 56.1 Å². The number of benzene rings is 2. The lowest BCUT2D eigenvalue weighted by Gasteiger charge is -2.18. The molecule has 0 aliphatic carbocycles. The molecular formula is C19H24FNO2. The molecule has 3 nitrogen and oxygen atoms in total. The van der Waals surface area contributed by atoms with Gasteiger partial charge in [-0.25, -0.2) is 4.39 Å². The van der Waals surface area contributed by atoms with Crippen LogP contribution in [0.5, 0.6) is 11.5 Å². The Bertz CT molecular complexity index is 631. The summed E-state index contributed by atoms with van der Waals surface area (Å²) < 4.78 is 25.2. The lowest BCUT2D eigenvalue weighted by Crippen LogP contribution is -2.16. The zero-order chi connectivity index (χ0) is 16.7. The first-order valence-corrected chi connectivity index (χ1v) is 8.02. The van der Waals surface area contributed by atoms with Crippen molar-refractivity contribution in [2.75, 3.05) is 19.8 Å². The van der Waals surface area contributed by atoms with Gasteiger partial charge in [0, 0.05) is 5.92 Å². The highest BCUT2D eigenvalue weighted by Crippen LogP contribution is 2.31. The van der Waals surface area contributed by atoms with Gasteiger partial charge in [0.05, 0.1) is 13.2 Å². The second-order valence-electron chi connectivity index (χ2n) is 5.31. The maximum atomic E-state index is 14.0. The van der Waals surface area contributed by atoms with Gasteiger partial charge in [-0.3, -0.25) is 0 Å². The summed E-state index contributed by atoms with van der Waals surface area (Å²) in [7, 11) is 0. The lowest BCUT2D eigenvalue weighted by atomic mass is 9.91. The Kier molecular flexibility index (Phi) is 6.41. The summed E-state index contributed by atoms with van der Waals surface area (Å²) in [6.07, 6.45) is 0.657. The van der Waals surface area contributed by atoms with Crippen molar-refractivity contribution in [3.63, 3.8) is 0 Å². The normalized spacial score (nSPS) is 12.0. The molecule has 1 atom stereocenters. The van der Waals surface area contributed by atoms with Gasteiger partial charge >= 0.3 is 0 Å². The van der Waals surface area contributed by atoms with Crippen LogP contribution in [0.3, 0.4) is 0 Å². The van der Waals surface area contributed by atoms with Crippen molar-refractivity contribution < 1.29 is 13.9 Å². The molecule has 2 N–H and O–H groups in total. The van der Waals surface area contributed by atoms with Crippen LogP contribution in [0.4, 0.5) is 4.39 Å². The van der Waals surface area contributed by atoms with Crippen LogP contribution in [0.15, 0.2) is 42.5 Å². The SMILES string of the molecule is CCOc1ccc(CC(CN)c2ccccc2F)cc1OCC. The van der Waals surface area contributed by atoms with Crippen LogP contribution < -0.4 is 15.2 Å². The van der Waals surface area contributed by atoms with Crippen LogP contribution in [0.2, 0.25) is 0 Å². The third-order valence-electron chi connectivity index (χ3n) is 3.72. The minimum atomic E-state index is -0.209. The summed E-state index contributed by atoms with van der Waals surface area (Å²) in [6.45, 7) is 5.41. The number of halogens is 1. The van der Waals surface area contributed by atoms with E-state index in [1.807, 2.05) is 38.1 Å². The molecule has 2 aromatic rings. The standard InChI is InChI=1S/C19H24FNO2/c1-3-22-18-10-9-14(12-19(18)23-4-2)11-15(13-21)16-7-5-6-8-17(16)20/h5-10,12,15H,3-4,11,13,21H2,1-2H3. The molecule has 0 saturated heterocycles. The van der Waals surface area contributed by atoms with Crippen LogP contribution >= 0.6 is 0 Å². The zero-order valence-electron chi connectivity index (χ0n) is 13.7. The number of hydrogen-bond donors (Lipinski definition) is 1. The van der Waals surface area contributed by atoms with Gasteiger partial charge in [-0.15, -0.1) is 0 Å². The van der Waals surface area contributed by atoms with Crippen molar-refractivity contribution in [1.29, 1.82) is 0 Å². The van der Waals surface area contributed by atoms with Gasteiger partial charge in [0.1, 0.15) is 5.82 Å². The van der Waals surface area contributed by atoms with Gasteiger partial charge in [0.15, 0.2) is 11.5 Å². The van der Waals surface area contributed by atoms with E-state index in [0.29, 0.717) is 31.7 Å². The van der Waals surface area contributed by atoms with E-state index in [2.05, 4.69) is 0 Å². The van der Waals surface area contributed by atoms with Crippen molar-refractivity contribution in [2.24, 2.45) is 5.73 Å². The second kappa shape index (κ2) is 8.53. The summed E-state index contributed by atoms with van der Waals surface area (Å²) in [5, 5.41) is 0. The van der Waals surface area contributed by atoms with E-state index in [9.17, 15) is 4.39 Å². The Labute approximate surface area is 137 Å². The fraction of sp³-hybridized carbons (Fsp3) is 0.368. The molecular weight excluding hydrogens is 293 g/mol. The summed E-state index contributed by atoms with van der Waals surface area (Å²) in [5.41, 5.74) is 7.58. The highest BCUT2D eigenvalue weighted by molar-refractivity contribution is 5.43. The van der Waals surface area contributed by atoms with Gasteiger partial charge in [0.2, 0.25) is 0 Å². The second-order valence-corrected chi connectivity index (χ2v) is 5.31. The van der Waals surface area contributed by atoms with E-state index in [0.717, 1.165) is 17.1 Å². The molecule has 0 heterocycles. The van der Waals surface area contributed by atoms with Crippen LogP contribution in [-0.2, 0) is 6.42 Å². The first-order chi connectivity index (χ1) is 11.2. The molecule has 2 aromatic carbocycles. The van der Waals surface area contributed by atoms with Crippen molar-refractivity contribution in [1.82, 2.24) is 0 Å². The zero-order valence-corrected chi connectivity index (χ0v) is 13.7. The Morgan fingerprint density at radius 3 is 2.35 bits per heavy atom. The van der Waals surface area contributed by atoms with E-state index in [4.69, 9.17) is 15.2 Å². The molecule has 0 aliphatic rings. The molecule has 0 bridgehead atoms. The molecule has 0 aromatic heterocycles. The highest BCUT2D eigenvalue weighted by atomic mass is 19.1. The van der Waals surface area contributed by atoms with Crippen molar-refractivity contribution in [3.05, 3.63) is 59.4 Å². The van der Waals surface area contributed by atoms with Crippen LogP contribution in [0.1, 0.15) is 30.9 Å². The molecule has 124 valence electrons. The van der Waals surface area contributed by atoms with Crippen molar-refractivity contribution in [3.8, 4) is 11.5 Å². The Hall–Kier alpha value is -2.07. The summed E-state index contributed by atoms with van der Waals surface area (Å²) in [6, 6.07) is 12.6. The monoisotopic (exact) mass is 317 g/mol. The molecule has 0 fully saturated rings. The van der Waals surface area contributed by atoms with E-state index in [1.54, 1.807) is 12.1 Å². The average Bonchev–Trinajstić information content (AvgIpc) is 2.56. The smallest absolute Gasteiger partial charge is 0.161 e. The maximum Gasteiger partial charge on any atom is 0.161 e. The van der Waals surface area contributed by atoms with E-state index in [-0.39, 0.29) is 11.7 Å². The first kappa shape index (κ1) is 17.3. The minimum Gasteiger partial charge on any atom is -0.490 e. The summed E-state index contributed by atoms with van der Waals surface area (Å²) in [4.78, 5) is 0. The van der Waals surface area contributed by atoms with Gasteiger partial charge in [-0.1, -0.05) is 24.3 Å². The van der Waals surface area contributed by atoms with Crippen molar-refractivity contribution in [2.45, 2.75) is 26.2 Å². The fourth-order valence-electron chi connectivity index (χ4n) is 2.63. The van der Waals surface area contributed by atoms with Crippen molar-refractivity contribution >= 4 is 0 Å². The predicted molar refractivity (Wildman–Crippen MR) is 90.7 cm³/mol. The van der Waals surface area contributed by atoms with Crippen LogP contribution in [-0.4, -0.2) is 19.8 Å². The average molecular weight is 317 g/mol. The summed E-state index contributed by atoms with van der Waals surface area (Å²) >= 11 is 0. The number of hydrogen-bond acceptors (Lipinski definition) is 3. The number of ether oxygens (including phenoxy) is 2.